The third-order valence-electron chi connectivity index (χ3n) is 1.74. The van der Waals surface area contributed by atoms with Gasteiger partial charge < -0.3 is 5.32 Å². The number of amides is 4. The topological polar surface area (TPSA) is 151 Å². The van der Waals surface area contributed by atoms with Gasteiger partial charge in [-0.3, -0.25) is 15.5 Å². The number of hydrogen-bond acceptors (Lipinski definition) is 5. The van der Waals surface area contributed by atoms with Crippen molar-refractivity contribution in [3.8, 4) is 0 Å². The molecular formula is C8H10N6O4. The zero-order valence-corrected chi connectivity index (χ0v) is 8.97. The number of rotatable bonds is 2. The van der Waals surface area contributed by atoms with Crippen LogP contribution in [0.3, 0.4) is 0 Å². The number of non-ortho nitro benzene ring substituents is 1. The minimum absolute atomic E-state index is 0.166. The summed E-state index contributed by atoms with van der Waals surface area (Å²) in [5.41, 5.74) is 5.65. The smallest absolute Gasteiger partial charge is 0.306 e. The number of carbonyl (C=O) groups is 2. The van der Waals surface area contributed by atoms with Gasteiger partial charge in [0.1, 0.15) is 0 Å². The van der Waals surface area contributed by atoms with Crippen molar-refractivity contribution in [3.63, 3.8) is 0 Å². The zero-order chi connectivity index (χ0) is 13.5. The van der Waals surface area contributed by atoms with Crippen LogP contribution in [-0.2, 0) is 0 Å². The largest absolute Gasteiger partial charge is 0.347 e. The van der Waals surface area contributed by atoms with Gasteiger partial charge in [0.15, 0.2) is 0 Å². The van der Waals surface area contributed by atoms with Crippen molar-refractivity contribution < 1.29 is 14.5 Å². The van der Waals surface area contributed by atoms with Crippen molar-refractivity contribution >= 4 is 23.4 Å². The van der Waals surface area contributed by atoms with Gasteiger partial charge in [0, 0.05) is 17.8 Å². The van der Waals surface area contributed by atoms with E-state index in [-0.39, 0.29) is 11.4 Å². The van der Waals surface area contributed by atoms with Crippen LogP contribution in [0.2, 0.25) is 0 Å². The molecule has 0 heterocycles. The van der Waals surface area contributed by atoms with Crippen LogP contribution >= 0.6 is 0 Å². The van der Waals surface area contributed by atoms with Crippen LogP contribution in [-0.4, -0.2) is 17.0 Å². The van der Waals surface area contributed by atoms with Gasteiger partial charge in [-0.15, -0.1) is 0 Å². The first kappa shape index (κ1) is 13.2. The van der Waals surface area contributed by atoms with Crippen molar-refractivity contribution in [1.82, 2.24) is 16.3 Å². The third-order valence-corrected chi connectivity index (χ3v) is 1.74. The van der Waals surface area contributed by atoms with E-state index in [2.05, 4.69) is 5.32 Å². The number of nitro groups is 1. The average Bonchev–Trinajstić information content (AvgIpc) is 2.36. The number of nitrogens with zero attached hydrogens (tertiary/aromatic N) is 1. The molecule has 0 saturated heterocycles. The highest BCUT2D eigenvalue weighted by atomic mass is 16.6. The maximum atomic E-state index is 11.2. The lowest BCUT2D eigenvalue weighted by molar-refractivity contribution is -0.384. The average molecular weight is 254 g/mol. The highest BCUT2D eigenvalue weighted by molar-refractivity contribution is 5.90. The highest BCUT2D eigenvalue weighted by Gasteiger charge is 2.08. The first-order chi connectivity index (χ1) is 8.52. The maximum absolute atomic E-state index is 11.2. The van der Waals surface area contributed by atoms with E-state index in [1.807, 2.05) is 10.9 Å². The molecule has 0 aliphatic carbocycles. The van der Waals surface area contributed by atoms with Crippen molar-refractivity contribution in [2.24, 2.45) is 5.84 Å². The Kier molecular flexibility index (Phi) is 4.40. The monoisotopic (exact) mass is 254 g/mol. The molecule has 1 rings (SSSR count). The number of nitro benzene ring substituents is 1. The van der Waals surface area contributed by atoms with E-state index in [9.17, 15) is 19.7 Å². The number of hydrazine groups is 2. The number of nitrogens with two attached hydrogens (primary N) is 1. The molecule has 0 atom stereocenters. The van der Waals surface area contributed by atoms with Gasteiger partial charge in [0.05, 0.1) is 4.92 Å². The van der Waals surface area contributed by atoms with Crippen LogP contribution in [0.1, 0.15) is 0 Å². The molecule has 0 aliphatic heterocycles. The summed E-state index contributed by atoms with van der Waals surface area (Å²) in [5.74, 6) is 4.76. The first-order valence-electron chi connectivity index (χ1n) is 4.61. The Morgan fingerprint density at radius 2 is 1.89 bits per heavy atom. The Morgan fingerprint density at radius 3 is 2.50 bits per heavy atom. The number of anilines is 1. The number of hydrogen-bond donors (Lipinski definition) is 5. The normalized spacial score (nSPS) is 9.17. The SMILES string of the molecule is NNC(=O)NNC(=O)Nc1cccc([N+](=O)[O-])c1. The second-order valence-corrected chi connectivity index (χ2v) is 2.99. The van der Waals surface area contributed by atoms with Crippen LogP contribution in [0.4, 0.5) is 21.0 Å². The summed E-state index contributed by atoms with van der Waals surface area (Å²) in [7, 11) is 0. The molecule has 0 aromatic heterocycles. The molecule has 0 saturated carbocycles. The summed E-state index contributed by atoms with van der Waals surface area (Å²) < 4.78 is 0. The summed E-state index contributed by atoms with van der Waals surface area (Å²) in [6, 6.07) is 3.72. The van der Waals surface area contributed by atoms with Crippen molar-refractivity contribution in [2.45, 2.75) is 0 Å². The van der Waals surface area contributed by atoms with E-state index in [4.69, 9.17) is 5.84 Å². The van der Waals surface area contributed by atoms with Gasteiger partial charge in [-0.25, -0.2) is 26.3 Å². The van der Waals surface area contributed by atoms with Gasteiger partial charge in [-0.2, -0.15) is 0 Å². The molecule has 0 radical (unpaired) electrons. The fraction of sp³-hybridized carbons (Fsp3) is 0. The van der Waals surface area contributed by atoms with Crippen LogP contribution < -0.4 is 27.4 Å². The molecule has 10 nitrogen and oxygen atoms in total. The Labute approximate surface area is 101 Å². The van der Waals surface area contributed by atoms with E-state index < -0.39 is 17.0 Å². The van der Waals surface area contributed by atoms with Gasteiger partial charge in [0.2, 0.25) is 0 Å². The summed E-state index contributed by atoms with van der Waals surface area (Å²) in [6.07, 6.45) is 0. The summed E-state index contributed by atoms with van der Waals surface area (Å²) in [5, 5.41) is 12.8. The van der Waals surface area contributed by atoms with E-state index in [0.717, 1.165) is 0 Å². The quantitative estimate of drug-likeness (QED) is 0.214. The molecule has 0 fully saturated rings. The van der Waals surface area contributed by atoms with E-state index >= 15 is 0 Å². The van der Waals surface area contributed by atoms with E-state index in [1.54, 1.807) is 5.43 Å². The molecule has 0 aliphatic rings. The van der Waals surface area contributed by atoms with Crippen molar-refractivity contribution in [1.29, 1.82) is 0 Å². The molecule has 0 spiro atoms. The lowest BCUT2D eigenvalue weighted by atomic mass is 10.3. The maximum Gasteiger partial charge on any atom is 0.347 e. The molecule has 1 aromatic carbocycles. The fourth-order valence-electron chi connectivity index (χ4n) is 1.01. The molecule has 10 heteroatoms. The van der Waals surface area contributed by atoms with Crippen LogP contribution in [0.25, 0.3) is 0 Å². The minimum Gasteiger partial charge on any atom is -0.306 e. The molecule has 1 aromatic rings. The number of carbonyl (C=O) groups excluding carboxylic acids is 2. The van der Waals surface area contributed by atoms with Crippen molar-refractivity contribution in [2.75, 3.05) is 5.32 Å². The van der Waals surface area contributed by atoms with E-state index in [1.165, 1.54) is 24.3 Å². The Morgan fingerprint density at radius 1 is 1.22 bits per heavy atom. The Balaban J connectivity index is 2.56. The molecule has 96 valence electrons. The number of nitrogens with one attached hydrogen (secondary N) is 4. The molecule has 6 N–H and O–H groups in total. The predicted molar refractivity (Wildman–Crippen MR) is 61.1 cm³/mol. The molecule has 0 bridgehead atoms. The van der Waals surface area contributed by atoms with Gasteiger partial charge >= 0.3 is 12.1 Å². The lowest BCUT2D eigenvalue weighted by Crippen LogP contribution is -2.50. The second kappa shape index (κ2) is 6.00. The predicted octanol–water partition coefficient (Wildman–Crippen LogP) is -0.196. The van der Waals surface area contributed by atoms with Crippen molar-refractivity contribution in [3.05, 3.63) is 34.4 Å². The van der Waals surface area contributed by atoms with Crippen LogP contribution in [0.5, 0.6) is 0 Å². The Bertz CT molecular complexity index is 476. The van der Waals surface area contributed by atoms with Gasteiger partial charge in [-0.05, 0) is 6.07 Å². The fourth-order valence-corrected chi connectivity index (χ4v) is 1.01. The van der Waals surface area contributed by atoms with Crippen LogP contribution in [0, 0.1) is 10.1 Å². The molecule has 0 unspecified atom stereocenters. The lowest BCUT2D eigenvalue weighted by Gasteiger charge is -2.08. The number of urea groups is 2. The Hall–Kier alpha value is -2.88. The zero-order valence-electron chi connectivity index (χ0n) is 8.97. The summed E-state index contributed by atoms with van der Waals surface area (Å²) in [4.78, 5) is 31.8. The highest BCUT2D eigenvalue weighted by Crippen LogP contribution is 2.16. The van der Waals surface area contributed by atoms with Crippen LogP contribution in [0.15, 0.2) is 24.3 Å². The van der Waals surface area contributed by atoms with E-state index in [0.29, 0.717) is 0 Å². The van der Waals surface area contributed by atoms with Gasteiger partial charge in [0.25, 0.3) is 5.69 Å². The molecule has 18 heavy (non-hydrogen) atoms. The standard InChI is InChI=1S/C8H10N6O4/c9-11-8(16)13-12-7(15)10-5-2-1-3-6(4-5)14(17)18/h1-4H,9H2,(H2,10,12,15)(H2,11,13,16). The molecular weight excluding hydrogens is 244 g/mol. The minimum atomic E-state index is -0.816. The third kappa shape index (κ3) is 3.94. The first-order valence-corrected chi connectivity index (χ1v) is 4.61. The second-order valence-electron chi connectivity index (χ2n) is 2.99. The summed E-state index contributed by atoms with van der Waals surface area (Å²) in [6.45, 7) is 0. The number of benzene rings is 1. The summed E-state index contributed by atoms with van der Waals surface area (Å²) >= 11 is 0. The van der Waals surface area contributed by atoms with Gasteiger partial charge in [-0.1, -0.05) is 6.07 Å². The molecule has 4 amide bonds.